The molecule has 0 aliphatic carbocycles. The molecule has 2 rings (SSSR count). The van der Waals surface area contributed by atoms with Gasteiger partial charge in [0.05, 0.1) is 11.3 Å². The summed E-state index contributed by atoms with van der Waals surface area (Å²) in [5.41, 5.74) is 0.564. The zero-order valence-electron chi connectivity index (χ0n) is 8.44. The highest BCUT2D eigenvalue weighted by molar-refractivity contribution is 6.03. The van der Waals surface area contributed by atoms with Crippen LogP contribution in [0.25, 0.3) is 0 Å². The molecule has 0 aromatic heterocycles. The van der Waals surface area contributed by atoms with Crippen molar-refractivity contribution < 1.29 is 24.5 Å². The van der Waals surface area contributed by atoms with Crippen molar-refractivity contribution in [2.45, 2.75) is 6.92 Å². The topological polar surface area (TPSA) is 84.9 Å². The number of rotatable bonds is 2. The second kappa shape index (κ2) is 3.82. The maximum absolute atomic E-state index is 11.3. The molecule has 2 N–H and O–H groups in total. The summed E-state index contributed by atoms with van der Waals surface area (Å²) in [5, 5.41) is 11.1. The fraction of sp³-hybridized carbons (Fsp3) is 0.200. The SMILES string of the molecule is CC(=O)c1cc(OO)cc2c1OCC(=O)N2. The lowest BCUT2D eigenvalue weighted by Gasteiger charge is -2.20. The van der Waals surface area contributed by atoms with Crippen molar-refractivity contribution in [3.05, 3.63) is 17.7 Å². The van der Waals surface area contributed by atoms with Crippen LogP contribution in [0.3, 0.4) is 0 Å². The van der Waals surface area contributed by atoms with E-state index in [1.165, 1.54) is 19.1 Å². The summed E-state index contributed by atoms with van der Waals surface area (Å²) < 4.78 is 5.16. The van der Waals surface area contributed by atoms with Crippen molar-refractivity contribution in [1.29, 1.82) is 0 Å². The molecule has 0 saturated heterocycles. The molecule has 1 aromatic rings. The van der Waals surface area contributed by atoms with E-state index in [1.54, 1.807) is 0 Å². The predicted octanol–water partition coefficient (Wildman–Crippen LogP) is 1.07. The number of Topliss-reactive ketones (excluding diaryl/α,β-unsaturated/α-hetero) is 1. The third kappa shape index (κ3) is 1.70. The lowest BCUT2D eigenvalue weighted by Crippen LogP contribution is -2.26. The summed E-state index contributed by atoms with van der Waals surface area (Å²) in [4.78, 5) is 26.5. The van der Waals surface area contributed by atoms with Gasteiger partial charge < -0.3 is 14.9 Å². The van der Waals surface area contributed by atoms with E-state index in [0.717, 1.165) is 0 Å². The summed E-state index contributed by atoms with van der Waals surface area (Å²) in [6, 6.07) is 2.72. The molecule has 1 heterocycles. The lowest BCUT2D eigenvalue weighted by atomic mass is 10.1. The molecule has 1 aromatic carbocycles. The van der Waals surface area contributed by atoms with Gasteiger partial charge in [0.1, 0.15) is 0 Å². The molecule has 1 aliphatic heterocycles. The first kappa shape index (κ1) is 10.4. The number of ketones is 1. The first-order valence-corrected chi connectivity index (χ1v) is 4.55. The summed E-state index contributed by atoms with van der Waals surface area (Å²) in [6.45, 7) is 1.23. The quantitative estimate of drug-likeness (QED) is 0.445. The number of hydrogen-bond acceptors (Lipinski definition) is 5. The van der Waals surface area contributed by atoms with Crippen LogP contribution in [0.2, 0.25) is 0 Å². The first-order chi connectivity index (χ1) is 7.61. The van der Waals surface area contributed by atoms with E-state index >= 15 is 0 Å². The van der Waals surface area contributed by atoms with Crippen LogP contribution < -0.4 is 14.9 Å². The van der Waals surface area contributed by atoms with Gasteiger partial charge in [0.15, 0.2) is 23.9 Å². The zero-order chi connectivity index (χ0) is 11.7. The van der Waals surface area contributed by atoms with E-state index in [0.29, 0.717) is 11.4 Å². The third-order valence-corrected chi connectivity index (χ3v) is 2.17. The Balaban J connectivity index is 2.57. The van der Waals surface area contributed by atoms with E-state index in [4.69, 9.17) is 9.99 Å². The minimum atomic E-state index is -0.322. The van der Waals surface area contributed by atoms with Crippen LogP contribution in [0.4, 0.5) is 5.69 Å². The Kier molecular flexibility index (Phi) is 2.49. The van der Waals surface area contributed by atoms with Crippen LogP contribution in [0.5, 0.6) is 11.5 Å². The van der Waals surface area contributed by atoms with Gasteiger partial charge in [-0.3, -0.25) is 9.59 Å². The van der Waals surface area contributed by atoms with Crippen LogP contribution in [0.1, 0.15) is 17.3 Å². The van der Waals surface area contributed by atoms with Gasteiger partial charge in [-0.15, -0.1) is 0 Å². The number of benzene rings is 1. The van der Waals surface area contributed by atoms with Crippen LogP contribution in [0, 0.1) is 0 Å². The van der Waals surface area contributed by atoms with Gasteiger partial charge in [-0.05, 0) is 13.0 Å². The van der Waals surface area contributed by atoms with Gasteiger partial charge in [0, 0.05) is 6.07 Å². The molecule has 1 amide bonds. The van der Waals surface area contributed by atoms with E-state index in [2.05, 4.69) is 10.2 Å². The van der Waals surface area contributed by atoms with Gasteiger partial charge in [0.25, 0.3) is 5.91 Å². The van der Waals surface area contributed by atoms with Crippen LogP contribution in [0.15, 0.2) is 12.1 Å². The molecule has 0 unspecified atom stereocenters. The number of nitrogens with one attached hydrogen (secondary N) is 1. The molecule has 1 aliphatic rings. The Labute approximate surface area is 90.7 Å². The Morgan fingerprint density at radius 1 is 1.56 bits per heavy atom. The summed E-state index contributed by atoms with van der Waals surface area (Å²) in [5.74, 6) is -0.203. The van der Waals surface area contributed by atoms with Gasteiger partial charge in [-0.2, -0.15) is 0 Å². The molecule has 6 heteroatoms. The molecule has 84 valence electrons. The summed E-state index contributed by atoms with van der Waals surface area (Å²) in [6.07, 6.45) is 0. The molecular weight excluding hydrogens is 214 g/mol. The average Bonchev–Trinajstić information content (AvgIpc) is 2.26. The van der Waals surface area contributed by atoms with Gasteiger partial charge in [0.2, 0.25) is 0 Å². The normalized spacial score (nSPS) is 13.5. The molecule has 0 saturated carbocycles. The van der Waals surface area contributed by atoms with Crippen LogP contribution >= 0.6 is 0 Å². The zero-order valence-corrected chi connectivity index (χ0v) is 8.44. The van der Waals surface area contributed by atoms with E-state index in [-0.39, 0.29) is 29.6 Å². The maximum atomic E-state index is 11.3. The van der Waals surface area contributed by atoms with Crippen molar-refractivity contribution in [1.82, 2.24) is 0 Å². The van der Waals surface area contributed by atoms with Crippen molar-refractivity contribution in [3.8, 4) is 11.5 Å². The second-order valence-corrected chi connectivity index (χ2v) is 3.33. The highest BCUT2D eigenvalue weighted by atomic mass is 17.1. The van der Waals surface area contributed by atoms with E-state index < -0.39 is 0 Å². The molecule has 0 bridgehead atoms. The molecule has 0 fully saturated rings. The smallest absolute Gasteiger partial charge is 0.262 e. The van der Waals surface area contributed by atoms with Crippen LogP contribution in [-0.2, 0) is 4.79 Å². The van der Waals surface area contributed by atoms with Gasteiger partial charge >= 0.3 is 0 Å². The van der Waals surface area contributed by atoms with Crippen molar-refractivity contribution in [3.63, 3.8) is 0 Å². The number of amides is 1. The molecule has 6 nitrogen and oxygen atoms in total. The third-order valence-electron chi connectivity index (χ3n) is 2.17. The number of hydrogen-bond donors (Lipinski definition) is 2. The Morgan fingerprint density at radius 2 is 2.31 bits per heavy atom. The van der Waals surface area contributed by atoms with E-state index in [1.807, 2.05) is 0 Å². The van der Waals surface area contributed by atoms with Crippen LogP contribution in [-0.4, -0.2) is 23.6 Å². The van der Waals surface area contributed by atoms with Gasteiger partial charge in [-0.1, -0.05) is 0 Å². The van der Waals surface area contributed by atoms with Crippen molar-refractivity contribution in [2.24, 2.45) is 0 Å². The second-order valence-electron chi connectivity index (χ2n) is 3.33. The number of fused-ring (bicyclic) bond motifs is 1. The fourth-order valence-corrected chi connectivity index (χ4v) is 1.49. The predicted molar refractivity (Wildman–Crippen MR) is 53.8 cm³/mol. The summed E-state index contributed by atoms with van der Waals surface area (Å²) >= 11 is 0. The highest BCUT2D eigenvalue weighted by Gasteiger charge is 2.22. The number of anilines is 1. The molecule has 0 atom stereocenters. The Bertz CT molecular complexity index is 469. The van der Waals surface area contributed by atoms with E-state index in [9.17, 15) is 9.59 Å². The molecule has 16 heavy (non-hydrogen) atoms. The Morgan fingerprint density at radius 3 is 2.94 bits per heavy atom. The standard InChI is InChI=1S/C10H9NO5/c1-5(12)7-2-6(16-14)3-8-10(7)15-4-9(13)11-8/h2-3,14H,4H2,1H3,(H,11,13). The lowest BCUT2D eigenvalue weighted by molar-refractivity contribution is -0.137. The minimum absolute atomic E-state index is 0.0646. The summed E-state index contributed by atoms with van der Waals surface area (Å²) in [7, 11) is 0. The number of carbonyl (C=O) groups excluding carboxylic acids is 2. The largest absolute Gasteiger partial charge is 0.481 e. The average molecular weight is 223 g/mol. The fourth-order valence-electron chi connectivity index (χ4n) is 1.49. The van der Waals surface area contributed by atoms with Crippen molar-refractivity contribution in [2.75, 3.05) is 11.9 Å². The van der Waals surface area contributed by atoms with Gasteiger partial charge in [-0.25, -0.2) is 5.26 Å². The minimum Gasteiger partial charge on any atom is -0.481 e. The Hall–Kier alpha value is -2.08. The number of carbonyl (C=O) groups is 2. The monoisotopic (exact) mass is 223 g/mol. The highest BCUT2D eigenvalue weighted by Crippen LogP contribution is 2.36. The molecular formula is C10H9NO5. The molecule has 0 radical (unpaired) electrons. The van der Waals surface area contributed by atoms with Crippen molar-refractivity contribution >= 4 is 17.4 Å². The number of ether oxygens (including phenoxy) is 1. The first-order valence-electron chi connectivity index (χ1n) is 4.55. The maximum Gasteiger partial charge on any atom is 0.262 e. The molecule has 0 spiro atoms.